The quantitative estimate of drug-likeness (QED) is 0.879. The molecule has 7 heteroatoms. The number of carbonyl (C=O) groups excluding carboxylic acids is 1. The van der Waals surface area contributed by atoms with E-state index in [-0.39, 0.29) is 24.8 Å². The van der Waals surface area contributed by atoms with Gasteiger partial charge in [-0.2, -0.15) is 0 Å². The molecule has 0 radical (unpaired) electrons. The predicted molar refractivity (Wildman–Crippen MR) is 84.4 cm³/mol. The first-order valence-electron chi connectivity index (χ1n) is 6.74. The number of sulfonamides is 1. The zero-order chi connectivity index (χ0) is 16.2. The molecule has 118 valence electrons. The third-order valence-electron chi connectivity index (χ3n) is 3.07. The van der Waals surface area contributed by atoms with Gasteiger partial charge in [-0.25, -0.2) is 8.42 Å². The number of hydrogen-bond acceptors (Lipinski definition) is 4. The molecule has 0 bridgehead atoms. The summed E-state index contributed by atoms with van der Waals surface area (Å²) < 4.78 is 30.1. The van der Waals surface area contributed by atoms with E-state index in [1.807, 2.05) is 19.1 Å². The minimum absolute atomic E-state index is 0.147. The number of furan rings is 1. The normalized spacial score (nSPS) is 11.2. The summed E-state index contributed by atoms with van der Waals surface area (Å²) in [6.07, 6.45) is 2.55. The molecule has 6 nitrogen and oxygen atoms in total. The fourth-order valence-corrected chi connectivity index (χ4v) is 2.89. The third kappa shape index (κ3) is 4.11. The van der Waals surface area contributed by atoms with Crippen molar-refractivity contribution < 1.29 is 17.6 Å². The maximum Gasteiger partial charge on any atom is 0.287 e. The molecule has 1 aromatic heterocycles. The highest BCUT2D eigenvalue weighted by Crippen LogP contribution is 2.17. The summed E-state index contributed by atoms with van der Waals surface area (Å²) in [5.74, 6) is -0.177. The Morgan fingerprint density at radius 1 is 1.23 bits per heavy atom. The molecule has 2 aromatic rings. The van der Waals surface area contributed by atoms with E-state index in [0.717, 1.165) is 11.8 Å². The van der Waals surface area contributed by atoms with Crippen molar-refractivity contribution >= 4 is 21.6 Å². The number of nitrogens with one attached hydrogen (secondary N) is 1. The lowest BCUT2D eigenvalue weighted by Gasteiger charge is -2.22. The molecule has 1 heterocycles. The van der Waals surface area contributed by atoms with E-state index < -0.39 is 10.0 Å². The molecule has 2 rings (SSSR count). The van der Waals surface area contributed by atoms with Gasteiger partial charge in [0.05, 0.1) is 24.8 Å². The fraction of sp³-hybridized carbons (Fsp3) is 0.267. The Kier molecular flexibility index (Phi) is 4.87. The molecule has 0 unspecified atom stereocenters. The Balaban J connectivity index is 2.02. The van der Waals surface area contributed by atoms with Crippen LogP contribution in [0, 0.1) is 6.92 Å². The lowest BCUT2D eigenvalue weighted by atomic mass is 10.2. The molecule has 0 saturated carbocycles. The third-order valence-corrected chi connectivity index (χ3v) is 4.26. The molecule has 0 aliphatic heterocycles. The van der Waals surface area contributed by atoms with Gasteiger partial charge in [0.15, 0.2) is 5.76 Å². The zero-order valence-corrected chi connectivity index (χ0v) is 13.3. The number of carbonyl (C=O) groups is 1. The molecular weight excluding hydrogens is 304 g/mol. The van der Waals surface area contributed by atoms with Crippen LogP contribution in [0.5, 0.6) is 0 Å². The number of amides is 1. The maximum absolute atomic E-state index is 11.9. The van der Waals surface area contributed by atoms with Gasteiger partial charge in [0.25, 0.3) is 5.91 Å². The molecule has 1 aromatic carbocycles. The van der Waals surface area contributed by atoms with E-state index >= 15 is 0 Å². The van der Waals surface area contributed by atoms with Crippen molar-refractivity contribution in [2.75, 3.05) is 23.7 Å². The Bertz CT molecular complexity index is 721. The first-order chi connectivity index (χ1) is 10.4. The van der Waals surface area contributed by atoms with Gasteiger partial charge in [0.1, 0.15) is 0 Å². The number of nitrogens with zero attached hydrogens (tertiary/aromatic N) is 1. The van der Waals surface area contributed by atoms with E-state index in [1.54, 1.807) is 24.3 Å². The van der Waals surface area contributed by atoms with Crippen molar-refractivity contribution in [3.63, 3.8) is 0 Å². The molecule has 0 aliphatic carbocycles. The molecule has 1 amide bonds. The molecule has 1 N–H and O–H groups in total. The Hall–Kier alpha value is -2.28. The summed E-state index contributed by atoms with van der Waals surface area (Å²) in [5.41, 5.74) is 1.61. The SMILES string of the molecule is Cc1ccc(N(CCNC(=O)c2ccco2)S(C)(=O)=O)cc1. The second-order valence-corrected chi connectivity index (χ2v) is 6.81. The largest absolute Gasteiger partial charge is 0.459 e. The average Bonchev–Trinajstić information content (AvgIpc) is 2.97. The lowest BCUT2D eigenvalue weighted by molar-refractivity contribution is 0.0927. The Morgan fingerprint density at radius 3 is 2.45 bits per heavy atom. The van der Waals surface area contributed by atoms with Crippen molar-refractivity contribution in [1.29, 1.82) is 0 Å². The van der Waals surface area contributed by atoms with E-state index in [9.17, 15) is 13.2 Å². The number of anilines is 1. The van der Waals surface area contributed by atoms with Gasteiger partial charge in [-0.05, 0) is 31.2 Å². The molecule has 0 fully saturated rings. The summed E-state index contributed by atoms with van der Waals surface area (Å²) in [5, 5.41) is 2.63. The summed E-state index contributed by atoms with van der Waals surface area (Å²) in [7, 11) is -3.42. The molecule has 0 atom stereocenters. The van der Waals surface area contributed by atoms with Gasteiger partial charge < -0.3 is 9.73 Å². The van der Waals surface area contributed by atoms with Crippen LogP contribution in [-0.2, 0) is 10.0 Å². The van der Waals surface area contributed by atoms with Gasteiger partial charge in [-0.3, -0.25) is 9.10 Å². The number of rotatable bonds is 6. The highest BCUT2D eigenvalue weighted by molar-refractivity contribution is 7.92. The minimum atomic E-state index is -3.42. The first-order valence-corrected chi connectivity index (χ1v) is 8.59. The van der Waals surface area contributed by atoms with Gasteiger partial charge in [0, 0.05) is 6.54 Å². The monoisotopic (exact) mass is 322 g/mol. The van der Waals surface area contributed by atoms with E-state index in [2.05, 4.69) is 5.32 Å². The van der Waals surface area contributed by atoms with Crippen molar-refractivity contribution in [1.82, 2.24) is 5.32 Å². The summed E-state index contributed by atoms with van der Waals surface area (Å²) in [4.78, 5) is 11.7. The average molecular weight is 322 g/mol. The van der Waals surface area contributed by atoms with E-state index in [1.165, 1.54) is 10.6 Å². The summed E-state index contributed by atoms with van der Waals surface area (Å²) >= 11 is 0. The van der Waals surface area contributed by atoms with Crippen LogP contribution in [0.1, 0.15) is 16.1 Å². The lowest BCUT2D eigenvalue weighted by Crippen LogP contribution is -2.38. The van der Waals surface area contributed by atoms with Crippen LogP contribution in [0.25, 0.3) is 0 Å². The van der Waals surface area contributed by atoms with Crippen molar-refractivity contribution in [3.8, 4) is 0 Å². The number of benzene rings is 1. The molecule has 22 heavy (non-hydrogen) atoms. The van der Waals surface area contributed by atoms with Crippen LogP contribution in [0.2, 0.25) is 0 Å². The molecule has 0 spiro atoms. The summed E-state index contributed by atoms with van der Waals surface area (Å²) in [6, 6.07) is 10.3. The molecular formula is C15H18N2O4S. The Labute approximate surface area is 129 Å². The summed E-state index contributed by atoms with van der Waals surface area (Å²) in [6.45, 7) is 2.26. The zero-order valence-electron chi connectivity index (χ0n) is 12.4. The highest BCUT2D eigenvalue weighted by Gasteiger charge is 2.17. The van der Waals surface area contributed by atoms with Crippen LogP contribution < -0.4 is 9.62 Å². The van der Waals surface area contributed by atoms with Gasteiger partial charge in [-0.15, -0.1) is 0 Å². The van der Waals surface area contributed by atoms with Gasteiger partial charge >= 0.3 is 0 Å². The van der Waals surface area contributed by atoms with Crippen LogP contribution in [0.3, 0.4) is 0 Å². The van der Waals surface area contributed by atoms with Crippen LogP contribution in [0.15, 0.2) is 47.1 Å². The second-order valence-electron chi connectivity index (χ2n) is 4.90. The van der Waals surface area contributed by atoms with E-state index in [4.69, 9.17) is 4.42 Å². The molecule has 0 aliphatic rings. The topological polar surface area (TPSA) is 79.6 Å². The fourth-order valence-electron chi connectivity index (χ4n) is 1.96. The first kappa shape index (κ1) is 16.1. The van der Waals surface area contributed by atoms with Crippen molar-refractivity contribution in [3.05, 3.63) is 54.0 Å². The predicted octanol–water partition coefficient (Wildman–Crippen LogP) is 1.78. The van der Waals surface area contributed by atoms with Crippen molar-refractivity contribution in [2.24, 2.45) is 0 Å². The van der Waals surface area contributed by atoms with Crippen LogP contribution in [-0.4, -0.2) is 33.7 Å². The molecule has 0 saturated heterocycles. The van der Waals surface area contributed by atoms with Gasteiger partial charge in [0.2, 0.25) is 10.0 Å². The highest BCUT2D eigenvalue weighted by atomic mass is 32.2. The smallest absolute Gasteiger partial charge is 0.287 e. The number of hydrogen-bond donors (Lipinski definition) is 1. The van der Waals surface area contributed by atoms with E-state index in [0.29, 0.717) is 5.69 Å². The number of aryl methyl sites for hydroxylation is 1. The Morgan fingerprint density at radius 2 is 1.91 bits per heavy atom. The van der Waals surface area contributed by atoms with Crippen LogP contribution >= 0.6 is 0 Å². The minimum Gasteiger partial charge on any atom is -0.459 e. The van der Waals surface area contributed by atoms with Crippen molar-refractivity contribution in [2.45, 2.75) is 6.92 Å². The van der Waals surface area contributed by atoms with Crippen LogP contribution in [0.4, 0.5) is 5.69 Å². The second kappa shape index (κ2) is 6.65. The maximum atomic E-state index is 11.9. The standard InChI is InChI=1S/C15H18N2O4S/c1-12-5-7-13(8-6-12)17(22(2,19)20)10-9-16-15(18)14-4-3-11-21-14/h3-8,11H,9-10H2,1-2H3,(H,16,18). The van der Waals surface area contributed by atoms with Gasteiger partial charge in [-0.1, -0.05) is 17.7 Å².